The maximum Gasteiger partial charge on any atom is 0.260 e. The van der Waals surface area contributed by atoms with Crippen molar-refractivity contribution in [3.05, 3.63) is 24.3 Å². The minimum Gasteiger partial charge on any atom is -0.481 e. The summed E-state index contributed by atoms with van der Waals surface area (Å²) in [5.41, 5.74) is 0. The number of nitrogens with one attached hydrogen (secondary N) is 2. The number of amides is 1. The van der Waals surface area contributed by atoms with Gasteiger partial charge in [0.1, 0.15) is 5.75 Å². The summed E-state index contributed by atoms with van der Waals surface area (Å²) in [7, 11) is -3.55. The fourth-order valence-electron chi connectivity index (χ4n) is 3.26. The molecule has 1 amide bonds. The second kappa shape index (κ2) is 10.8. The molecule has 0 unspecified atom stereocenters. The monoisotopic (exact) mass is 410 g/mol. The third kappa shape index (κ3) is 7.43. The normalized spacial score (nSPS) is 17.6. The first-order valence-corrected chi connectivity index (χ1v) is 11.8. The summed E-state index contributed by atoms with van der Waals surface area (Å²) < 4.78 is 33.8. The lowest BCUT2D eigenvalue weighted by Gasteiger charge is -2.21. The Bertz CT molecular complexity index is 708. The highest BCUT2D eigenvalue weighted by atomic mass is 32.2. The molecule has 0 spiro atoms. The van der Waals surface area contributed by atoms with Crippen LogP contribution in [0.4, 0.5) is 0 Å². The van der Waals surface area contributed by atoms with E-state index < -0.39 is 16.1 Å². The smallest absolute Gasteiger partial charge is 0.260 e. The Labute approximate surface area is 169 Å². The first-order chi connectivity index (χ1) is 13.3. The SMILES string of the molecule is CC(C)CNC(=O)[C@@H](C)Oc1ccc(S(=O)(=O)NC2CCCCCCC2)cc1. The third-order valence-corrected chi connectivity index (χ3v) is 6.46. The summed E-state index contributed by atoms with van der Waals surface area (Å²) in [4.78, 5) is 12.2. The van der Waals surface area contributed by atoms with Crippen LogP contribution in [0.5, 0.6) is 5.75 Å². The van der Waals surface area contributed by atoms with E-state index in [2.05, 4.69) is 10.0 Å². The van der Waals surface area contributed by atoms with Crippen molar-refractivity contribution in [3.8, 4) is 5.75 Å². The minimum atomic E-state index is -3.55. The van der Waals surface area contributed by atoms with Crippen LogP contribution in [0, 0.1) is 5.92 Å². The van der Waals surface area contributed by atoms with E-state index in [-0.39, 0.29) is 16.8 Å². The highest BCUT2D eigenvalue weighted by Gasteiger charge is 2.21. The zero-order valence-electron chi connectivity index (χ0n) is 17.2. The van der Waals surface area contributed by atoms with Crippen molar-refractivity contribution < 1.29 is 17.9 Å². The van der Waals surface area contributed by atoms with Crippen molar-refractivity contribution in [1.82, 2.24) is 10.0 Å². The molecule has 1 aliphatic carbocycles. The van der Waals surface area contributed by atoms with Crippen molar-refractivity contribution in [2.24, 2.45) is 5.92 Å². The van der Waals surface area contributed by atoms with Gasteiger partial charge in [-0.15, -0.1) is 0 Å². The summed E-state index contributed by atoms with van der Waals surface area (Å²) in [6.45, 7) is 6.32. The molecular formula is C21H34N2O4S. The number of carbonyl (C=O) groups is 1. The molecule has 0 radical (unpaired) electrons. The van der Waals surface area contributed by atoms with E-state index in [0.29, 0.717) is 18.2 Å². The lowest BCUT2D eigenvalue weighted by Crippen LogP contribution is -2.38. The molecule has 1 atom stereocenters. The second-order valence-corrected chi connectivity index (χ2v) is 9.75. The van der Waals surface area contributed by atoms with Crippen LogP contribution in [-0.4, -0.2) is 33.0 Å². The third-order valence-electron chi connectivity index (χ3n) is 4.93. The molecule has 1 fully saturated rings. The van der Waals surface area contributed by atoms with Gasteiger partial charge in [0, 0.05) is 12.6 Å². The number of rotatable bonds is 8. The summed E-state index contributed by atoms with van der Waals surface area (Å²) >= 11 is 0. The molecule has 28 heavy (non-hydrogen) atoms. The van der Waals surface area contributed by atoms with Crippen LogP contribution in [0.2, 0.25) is 0 Å². The molecule has 1 aromatic rings. The van der Waals surface area contributed by atoms with Gasteiger partial charge < -0.3 is 10.1 Å². The van der Waals surface area contributed by atoms with E-state index in [1.54, 1.807) is 19.1 Å². The second-order valence-electron chi connectivity index (χ2n) is 8.03. The van der Waals surface area contributed by atoms with Crippen molar-refractivity contribution >= 4 is 15.9 Å². The molecule has 1 saturated carbocycles. The Kier molecular flexibility index (Phi) is 8.76. The van der Waals surface area contributed by atoms with Gasteiger partial charge >= 0.3 is 0 Å². The number of benzene rings is 1. The van der Waals surface area contributed by atoms with E-state index in [1.165, 1.54) is 31.4 Å². The van der Waals surface area contributed by atoms with Gasteiger partial charge in [-0.05, 0) is 49.9 Å². The topological polar surface area (TPSA) is 84.5 Å². The van der Waals surface area contributed by atoms with E-state index in [4.69, 9.17) is 4.74 Å². The van der Waals surface area contributed by atoms with Crippen LogP contribution in [-0.2, 0) is 14.8 Å². The van der Waals surface area contributed by atoms with Crippen molar-refractivity contribution in [2.45, 2.75) is 82.8 Å². The highest BCUT2D eigenvalue weighted by molar-refractivity contribution is 7.89. The van der Waals surface area contributed by atoms with E-state index in [0.717, 1.165) is 25.7 Å². The maximum atomic E-state index is 12.7. The van der Waals surface area contributed by atoms with Crippen LogP contribution in [0.3, 0.4) is 0 Å². The molecule has 0 saturated heterocycles. The van der Waals surface area contributed by atoms with Crippen molar-refractivity contribution in [2.75, 3.05) is 6.54 Å². The fourth-order valence-corrected chi connectivity index (χ4v) is 4.57. The molecule has 7 heteroatoms. The number of sulfonamides is 1. The highest BCUT2D eigenvalue weighted by Crippen LogP contribution is 2.21. The first kappa shape index (κ1) is 22.7. The van der Waals surface area contributed by atoms with Gasteiger partial charge in [0.25, 0.3) is 5.91 Å². The van der Waals surface area contributed by atoms with E-state index in [9.17, 15) is 13.2 Å². The predicted octanol–water partition coefficient (Wildman–Crippen LogP) is 3.62. The van der Waals surface area contributed by atoms with Crippen LogP contribution in [0.1, 0.15) is 65.7 Å². The Morgan fingerprint density at radius 2 is 1.61 bits per heavy atom. The summed E-state index contributed by atoms with van der Waals surface area (Å²) in [6, 6.07) is 6.25. The Morgan fingerprint density at radius 1 is 1.04 bits per heavy atom. The number of hydrogen-bond donors (Lipinski definition) is 2. The Balaban J connectivity index is 1.93. The van der Waals surface area contributed by atoms with Gasteiger partial charge in [0.15, 0.2) is 6.10 Å². The molecule has 0 heterocycles. The van der Waals surface area contributed by atoms with Crippen LogP contribution < -0.4 is 14.8 Å². The van der Waals surface area contributed by atoms with Crippen molar-refractivity contribution in [3.63, 3.8) is 0 Å². The summed E-state index contributed by atoms with van der Waals surface area (Å²) in [5.74, 6) is 0.652. The quantitative estimate of drug-likeness (QED) is 0.685. The van der Waals surface area contributed by atoms with Crippen LogP contribution >= 0.6 is 0 Å². The van der Waals surface area contributed by atoms with Crippen LogP contribution in [0.25, 0.3) is 0 Å². The largest absolute Gasteiger partial charge is 0.481 e. The maximum absolute atomic E-state index is 12.7. The molecule has 0 bridgehead atoms. The Hall–Kier alpha value is -1.60. The van der Waals surface area contributed by atoms with Gasteiger partial charge in [0.2, 0.25) is 10.0 Å². The van der Waals surface area contributed by atoms with E-state index >= 15 is 0 Å². The molecule has 2 rings (SSSR count). The predicted molar refractivity (Wildman–Crippen MR) is 111 cm³/mol. The van der Waals surface area contributed by atoms with Gasteiger partial charge in [-0.2, -0.15) is 0 Å². The number of carbonyl (C=O) groups excluding carboxylic acids is 1. The van der Waals surface area contributed by atoms with Gasteiger partial charge in [-0.25, -0.2) is 13.1 Å². The average Bonchev–Trinajstić information content (AvgIpc) is 2.62. The van der Waals surface area contributed by atoms with Crippen LogP contribution in [0.15, 0.2) is 29.2 Å². The molecule has 1 aromatic carbocycles. The van der Waals surface area contributed by atoms with Crippen molar-refractivity contribution in [1.29, 1.82) is 0 Å². The summed E-state index contributed by atoms with van der Waals surface area (Å²) in [5, 5.41) is 2.82. The first-order valence-electron chi connectivity index (χ1n) is 10.3. The molecule has 1 aliphatic rings. The molecular weight excluding hydrogens is 376 g/mol. The zero-order valence-corrected chi connectivity index (χ0v) is 18.1. The van der Waals surface area contributed by atoms with Gasteiger partial charge in [-0.1, -0.05) is 46.0 Å². The minimum absolute atomic E-state index is 0.00546. The number of hydrogen-bond acceptors (Lipinski definition) is 4. The molecule has 158 valence electrons. The molecule has 0 aliphatic heterocycles. The van der Waals surface area contributed by atoms with Gasteiger partial charge in [0.05, 0.1) is 4.90 Å². The molecule has 6 nitrogen and oxygen atoms in total. The fraction of sp³-hybridized carbons (Fsp3) is 0.667. The van der Waals surface area contributed by atoms with E-state index in [1.807, 2.05) is 13.8 Å². The average molecular weight is 411 g/mol. The molecule has 0 aromatic heterocycles. The summed E-state index contributed by atoms with van der Waals surface area (Å²) in [6.07, 6.45) is 6.87. The number of ether oxygens (including phenoxy) is 1. The zero-order chi connectivity index (χ0) is 20.6. The molecule has 2 N–H and O–H groups in total. The lowest BCUT2D eigenvalue weighted by molar-refractivity contribution is -0.127. The van der Waals surface area contributed by atoms with Gasteiger partial charge in [-0.3, -0.25) is 4.79 Å². The lowest BCUT2D eigenvalue weighted by atomic mass is 9.97. The Morgan fingerprint density at radius 3 is 2.18 bits per heavy atom. The standard InChI is InChI=1S/C21H34N2O4S/c1-16(2)15-22-21(24)17(3)27-19-11-13-20(14-12-19)28(25,26)23-18-9-7-5-4-6-8-10-18/h11-14,16-18,23H,4-10,15H2,1-3H3,(H,22,24)/t17-/m1/s1.